The molecule has 3 nitrogen and oxygen atoms in total. The molecule has 1 aliphatic rings. The van der Waals surface area contributed by atoms with E-state index in [2.05, 4.69) is 6.07 Å². The molecule has 0 saturated heterocycles. The standard InChI is InChI=1S/C14H17NO2/c1-9(6-7-16)11-4-5-13-12(8-11)10(2)14(17)15(13)3/h4-5,7-10H,6H2,1-3H3. The van der Waals surface area contributed by atoms with Crippen molar-refractivity contribution in [3.63, 3.8) is 0 Å². The Morgan fingerprint density at radius 3 is 2.82 bits per heavy atom. The number of amides is 1. The molecule has 1 aliphatic heterocycles. The van der Waals surface area contributed by atoms with Gasteiger partial charge in [-0.3, -0.25) is 4.79 Å². The summed E-state index contributed by atoms with van der Waals surface area (Å²) in [6, 6.07) is 6.05. The molecule has 0 bridgehead atoms. The van der Waals surface area contributed by atoms with Crippen LogP contribution in [0.5, 0.6) is 0 Å². The Labute approximate surface area is 101 Å². The summed E-state index contributed by atoms with van der Waals surface area (Å²) in [6.45, 7) is 3.96. The number of aldehydes is 1. The van der Waals surface area contributed by atoms with Crippen LogP contribution in [0.2, 0.25) is 0 Å². The molecular formula is C14H17NO2. The van der Waals surface area contributed by atoms with Gasteiger partial charge in [0.05, 0.1) is 5.92 Å². The van der Waals surface area contributed by atoms with Gasteiger partial charge in [-0.2, -0.15) is 0 Å². The number of benzene rings is 1. The van der Waals surface area contributed by atoms with Crippen LogP contribution in [0, 0.1) is 0 Å². The van der Waals surface area contributed by atoms with Crippen LogP contribution in [0.3, 0.4) is 0 Å². The van der Waals surface area contributed by atoms with E-state index in [0.717, 1.165) is 23.1 Å². The quantitative estimate of drug-likeness (QED) is 0.749. The molecule has 1 heterocycles. The van der Waals surface area contributed by atoms with Crippen molar-refractivity contribution in [2.45, 2.75) is 32.1 Å². The fourth-order valence-electron chi connectivity index (χ4n) is 2.35. The number of hydrogen-bond acceptors (Lipinski definition) is 2. The second-order valence-electron chi connectivity index (χ2n) is 4.74. The Morgan fingerprint density at radius 1 is 1.47 bits per heavy atom. The molecule has 0 saturated carbocycles. The Morgan fingerprint density at radius 2 is 2.18 bits per heavy atom. The minimum absolute atomic E-state index is 0.0709. The first-order chi connectivity index (χ1) is 8.06. The van der Waals surface area contributed by atoms with Crippen LogP contribution >= 0.6 is 0 Å². The third kappa shape index (κ3) is 1.86. The molecule has 1 aromatic rings. The molecule has 1 aromatic carbocycles. The third-order valence-electron chi connectivity index (χ3n) is 3.60. The SMILES string of the molecule is CC(CC=O)c1ccc2c(c1)C(C)C(=O)N2C. The molecule has 2 rings (SSSR count). The highest BCUT2D eigenvalue weighted by molar-refractivity contribution is 6.04. The van der Waals surface area contributed by atoms with Crippen molar-refractivity contribution in [3.05, 3.63) is 29.3 Å². The number of rotatable bonds is 3. The van der Waals surface area contributed by atoms with Crippen molar-refractivity contribution >= 4 is 17.9 Å². The largest absolute Gasteiger partial charge is 0.315 e. The van der Waals surface area contributed by atoms with E-state index in [-0.39, 0.29) is 17.7 Å². The van der Waals surface area contributed by atoms with E-state index in [1.165, 1.54) is 0 Å². The first-order valence-electron chi connectivity index (χ1n) is 5.91. The number of anilines is 1. The van der Waals surface area contributed by atoms with Gasteiger partial charge in [0.1, 0.15) is 6.29 Å². The summed E-state index contributed by atoms with van der Waals surface area (Å²) in [7, 11) is 1.80. The molecule has 0 fully saturated rings. The van der Waals surface area contributed by atoms with Crippen LogP contribution in [0.1, 0.15) is 43.2 Å². The predicted molar refractivity (Wildman–Crippen MR) is 67.4 cm³/mol. The highest BCUT2D eigenvalue weighted by Crippen LogP contribution is 2.37. The fraction of sp³-hybridized carbons (Fsp3) is 0.429. The van der Waals surface area contributed by atoms with Gasteiger partial charge in [0.15, 0.2) is 0 Å². The second kappa shape index (κ2) is 4.32. The molecule has 0 N–H and O–H groups in total. The van der Waals surface area contributed by atoms with Crippen molar-refractivity contribution in [2.24, 2.45) is 0 Å². The first-order valence-corrected chi connectivity index (χ1v) is 5.91. The molecular weight excluding hydrogens is 214 g/mol. The van der Waals surface area contributed by atoms with Crippen LogP contribution in [-0.4, -0.2) is 19.2 Å². The van der Waals surface area contributed by atoms with Crippen LogP contribution in [-0.2, 0) is 9.59 Å². The lowest BCUT2D eigenvalue weighted by Crippen LogP contribution is -2.22. The van der Waals surface area contributed by atoms with Crippen molar-refractivity contribution in [1.29, 1.82) is 0 Å². The van der Waals surface area contributed by atoms with Crippen LogP contribution in [0.25, 0.3) is 0 Å². The smallest absolute Gasteiger partial charge is 0.234 e. The number of nitrogens with zero attached hydrogens (tertiary/aromatic N) is 1. The lowest BCUT2D eigenvalue weighted by Gasteiger charge is -2.12. The van der Waals surface area contributed by atoms with Gasteiger partial charge in [0, 0.05) is 19.2 Å². The fourth-order valence-corrected chi connectivity index (χ4v) is 2.35. The van der Waals surface area contributed by atoms with Crippen LogP contribution < -0.4 is 4.90 Å². The monoisotopic (exact) mass is 231 g/mol. The Bertz CT molecular complexity index is 467. The van der Waals surface area contributed by atoms with Crippen molar-refractivity contribution in [3.8, 4) is 0 Å². The maximum atomic E-state index is 11.8. The van der Waals surface area contributed by atoms with Gasteiger partial charge in [-0.15, -0.1) is 0 Å². The van der Waals surface area contributed by atoms with Gasteiger partial charge in [0.25, 0.3) is 0 Å². The van der Waals surface area contributed by atoms with Crippen LogP contribution in [0.4, 0.5) is 5.69 Å². The molecule has 90 valence electrons. The van der Waals surface area contributed by atoms with Gasteiger partial charge >= 0.3 is 0 Å². The second-order valence-corrected chi connectivity index (χ2v) is 4.74. The summed E-state index contributed by atoms with van der Waals surface area (Å²) >= 11 is 0. The first kappa shape index (κ1) is 11.8. The molecule has 17 heavy (non-hydrogen) atoms. The predicted octanol–water partition coefficient (Wildman–Crippen LogP) is 2.46. The Hall–Kier alpha value is -1.64. The maximum Gasteiger partial charge on any atom is 0.234 e. The van der Waals surface area contributed by atoms with Crippen molar-refractivity contribution < 1.29 is 9.59 Å². The van der Waals surface area contributed by atoms with E-state index in [1.807, 2.05) is 26.0 Å². The summed E-state index contributed by atoms with van der Waals surface area (Å²) in [5.74, 6) is 0.282. The number of fused-ring (bicyclic) bond motifs is 1. The van der Waals surface area contributed by atoms with E-state index < -0.39 is 0 Å². The maximum absolute atomic E-state index is 11.8. The molecule has 2 atom stereocenters. The Kier molecular flexibility index (Phi) is 3.01. The molecule has 0 radical (unpaired) electrons. The van der Waals surface area contributed by atoms with Crippen molar-refractivity contribution in [1.82, 2.24) is 0 Å². The average Bonchev–Trinajstić information content (AvgIpc) is 2.55. The van der Waals surface area contributed by atoms with Gasteiger partial charge in [-0.1, -0.05) is 19.1 Å². The minimum atomic E-state index is -0.0709. The lowest BCUT2D eigenvalue weighted by molar-refractivity contribution is -0.118. The normalized spacial score (nSPS) is 20.3. The van der Waals surface area contributed by atoms with Crippen molar-refractivity contribution in [2.75, 3.05) is 11.9 Å². The zero-order valence-electron chi connectivity index (χ0n) is 10.4. The summed E-state index contributed by atoms with van der Waals surface area (Å²) in [5.41, 5.74) is 3.20. The third-order valence-corrected chi connectivity index (χ3v) is 3.60. The zero-order chi connectivity index (χ0) is 12.6. The van der Waals surface area contributed by atoms with Gasteiger partial charge < -0.3 is 9.69 Å². The van der Waals surface area contributed by atoms with Crippen LogP contribution in [0.15, 0.2) is 18.2 Å². The summed E-state index contributed by atoms with van der Waals surface area (Å²) in [5, 5.41) is 0. The molecule has 0 aliphatic carbocycles. The molecule has 2 unspecified atom stereocenters. The highest BCUT2D eigenvalue weighted by atomic mass is 16.2. The number of likely N-dealkylation sites (N-methyl/N-ethyl adjacent to an activating group) is 1. The minimum Gasteiger partial charge on any atom is -0.315 e. The molecule has 0 aromatic heterocycles. The summed E-state index contributed by atoms with van der Waals surface area (Å²) in [4.78, 5) is 24.1. The number of carbonyl (C=O) groups excluding carboxylic acids is 2. The molecule has 3 heteroatoms. The topological polar surface area (TPSA) is 37.4 Å². The van der Waals surface area contributed by atoms with E-state index >= 15 is 0 Å². The van der Waals surface area contributed by atoms with E-state index in [1.54, 1.807) is 11.9 Å². The van der Waals surface area contributed by atoms with Gasteiger partial charge in [-0.05, 0) is 30.0 Å². The Balaban J connectivity index is 2.39. The van der Waals surface area contributed by atoms with E-state index in [9.17, 15) is 9.59 Å². The van der Waals surface area contributed by atoms with Gasteiger partial charge in [-0.25, -0.2) is 0 Å². The molecule has 0 spiro atoms. The lowest BCUT2D eigenvalue weighted by atomic mass is 9.93. The van der Waals surface area contributed by atoms with E-state index in [0.29, 0.717) is 6.42 Å². The summed E-state index contributed by atoms with van der Waals surface area (Å²) in [6.07, 6.45) is 1.47. The average molecular weight is 231 g/mol. The molecule has 1 amide bonds. The van der Waals surface area contributed by atoms with Gasteiger partial charge in [0.2, 0.25) is 5.91 Å². The zero-order valence-corrected chi connectivity index (χ0v) is 10.4. The highest BCUT2D eigenvalue weighted by Gasteiger charge is 2.31. The number of carbonyl (C=O) groups is 2. The van der Waals surface area contributed by atoms with E-state index in [4.69, 9.17) is 0 Å². The summed E-state index contributed by atoms with van der Waals surface area (Å²) < 4.78 is 0. The number of hydrogen-bond donors (Lipinski definition) is 0.